The Balaban J connectivity index is 1.76. The van der Waals surface area contributed by atoms with Crippen molar-refractivity contribution in [2.24, 2.45) is 11.7 Å². The molecule has 0 bridgehead atoms. The van der Waals surface area contributed by atoms with E-state index in [-0.39, 0.29) is 0 Å². The molecule has 1 fully saturated rings. The van der Waals surface area contributed by atoms with Crippen LogP contribution in [0.15, 0.2) is 47.7 Å². The van der Waals surface area contributed by atoms with E-state index in [1.165, 1.54) is 12.8 Å². The van der Waals surface area contributed by atoms with Crippen LogP contribution in [-0.2, 0) is 0 Å². The molecule has 1 aliphatic carbocycles. The Kier molecular flexibility index (Phi) is 4.59. The van der Waals surface area contributed by atoms with Crippen LogP contribution < -0.4 is 15.9 Å². The number of amidine groups is 1. The van der Waals surface area contributed by atoms with Gasteiger partial charge in [0.15, 0.2) is 0 Å². The molecular formula is C22H28N5O+. The first-order chi connectivity index (χ1) is 13.4. The molecule has 1 aromatic carbocycles. The number of benzene rings is 1. The Hall–Kier alpha value is -2.86. The Morgan fingerprint density at radius 3 is 2.82 bits per heavy atom. The normalized spacial score (nSPS) is 22.7. The number of aromatic nitrogens is 1. The molecule has 1 unspecified atom stereocenters. The molecule has 6 nitrogen and oxygen atoms in total. The molecular weight excluding hydrogens is 350 g/mol. The van der Waals surface area contributed by atoms with Crippen LogP contribution in [0.25, 0.3) is 16.6 Å². The second kappa shape index (κ2) is 6.95. The van der Waals surface area contributed by atoms with Gasteiger partial charge in [-0.3, -0.25) is 0 Å². The van der Waals surface area contributed by atoms with Crippen molar-refractivity contribution >= 4 is 22.4 Å². The zero-order valence-corrected chi connectivity index (χ0v) is 16.7. The molecule has 4 rings (SSSR count). The lowest BCUT2D eigenvalue weighted by Gasteiger charge is -2.29. The number of hydrogen-bond acceptors (Lipinski definition) is 5. The number of likely N-dealkylation sites (N-methyl/N-ethyl adjacent to an activating group) is 1. The summed E-state index contributed by atoms with van der Waals surface area (Å²) in [4.78, 5) is 4.55. The van der Waals surface area contributed by atoms with Gasteiger partial charge in [0.05, 0.1) is 19.2 Å². The highest BCUT2D eigenvalue weighted by Gasteiger charge is 2.45. The monoisotopic (exact) mass is 378 g/mol. The lowest BCUT2D eigenvalue weighted by molar-refractivity contribution is -0.857. The summed E-state index contributed by atoms with van der Waals surface area (Å²) in [5, 5.41) is 9.86. The summed E-state index contributed by atoms with van der Waals surface area (Å²) in [6, 6.07) is 10.1. The topological polar surface area (TPSA) is 84.0 Å². The van der Waals surface area contributed by atoms with Crippen molar-refractivity contribution < 1.29 is 9.33 Å². The Labute approximate surface area is 165 Å². The zero-order chi connectivity index (χ0) is 19.9. The number of ether oxygens (including phenoxy) is 1. The van der Waals surface area contributed by atoms with Crippen LogP contribution in [0.2, 0.25) is 0 Å². The molecule has 146 valence electrons. The molecule has 0 saturated heterocycles. The second-order valence-corrected chi connectivity index (χ2v) is 7.76. The third kappa shape index (κ3) is 3.24. The number of fused-ring (bicyclic) bond motifs is 1. The van der Waals surface area contributed by atoms with E-state index >= 15 is 0 Å². The van der Waals surface area contributed by atoms with Crippen molar-refractivity contribution in [2.75, 3.05) is 20.2 Å². The zero-order valence-electron chi connectivity index (χ0n) is 16.7. The molecule has 4 N–H and O–H groups in total. The number of allylic oxidation sites excluding steroid dienone is 1. The van der Waals surface area contributed by atoms with Gasteiger partial charge in [-0.2, -0.15) is 4.59 Å². The number of nitrogens with zero attached hydrogens (tertiary/aromatic N) is 2. The van der Waals surface area contributed by atoms with Gasteiger partial charge in [-0.15, -0.1) is 0 Å². The maximum Gasteiger partial charge on any atom is 0.256 e. The van der Waals surface area contributed by atoms with Gasteiger partial charge in [-0.25, -0.2) is 15.8 Å². The number of quaternary nitrogens is 1. The van der Waals surface area contributed by atoms with Gasteiger partial charge in [0.25, 0.3) is 5.84 Å². The average molecular weight is 379 g/mol. The second-order valence-electron chi connectivity index (χ2n) is 7.76. The fourth-order valence-electron chi connectivity index (χ4n) is 3.80. The van der Waals surface area contributed by atoms with Gasteiger partial charge in [0, 0.05) is 28.6 Å². The summed E-state index contributed by atoms with van der Waals surface area (Å²) in [5.74, 6) is 1.85. The van der Waals surface area contributed by atoms with Crippen LogP contribution in [-0.4, -0.2) is 35.6 Å². The highest BCUT2D eigenvalue weighted by atomic mass is 16.5. The maximum atomic E-state index is 8.83. The molecule has 28 heavy (non-hydrogen) atoms. The summed E-state index contributed by atoms with van der Waals surface area (Å²) in [5.41, 5.74) is 14.2. The molecule has 0 radical (unpaired) electrons. The van der Waals surface area contributed by atoms with E-state index in [1.807, 2.05) is 44.2 Å². The minimum absolute atomic E-state index is 0.392. The number of rotatable bonds is 6. The molecule has 1 aliphatic heterocycles. The van der Waals surface area contributed by atoms with E-state index in [4.69, 9.17) is 15.9 Å². The lowest BCUT2D eigenvalue weighted by Crippen LogP contribution is -2.55. The maximum absolute atomic E-state index is 8.83. The average Bonchev–Trinajstić information content (AvgIpc) is 3.46. The standard InChI is InChI=1S/C22H28N5O/c1-4-17(23)20-21(26-27(3,22(20)24)13-14-6-7-14)16-8-10-18-15(12-16)9-11-19(25-18)28-5-2/h4,8-12,14,24,26H,5-7,13,23H2,1-3H3/q+1. The summed E-state index contributed by atoms with van der Waals surface area (Å²) in [7, 11) is 2.06. The summed E-state index contributed by atoms with van der Waals surface area (Å²) in [6.07, 6.45) is 4.36. The van der Waals surface area contributed by atoms with Crippen LogP contribution in [0.5, 0.6) is 5.88 Å². The highest BCUT2D eigenvalue weighted by molar-refractivity contribution is 6.05. The fraction of sp³-hybridized carbons (Fsp3) is 0.364. The van der Waals surface area contributed by atoms with Gasteiger partial charge < -0.3 is 10.5 Å². The SMILES string of the molecule is CC=C(N)C1=C(c2ccc3nc(OCC)ccc3c2)N[N+](C)(CC2CC2)C1=N. The number of nitrogens with two attached hydrogens (primary N) is 1. The summed E-state index contributed by atoms with van der Waals surface area (Å²) < 4.78 is 5.90. The minimum Gasteiger partial charge on any atom is -0.478 e. The molecule has 1 aromatic heterocycles. The molecule has 2 aromatic rings. The molecule has 2 aliphatic rings. The van der Waals surface area contributed by atoms with E-state index in [1.54, 1.807) is 0 Å². The van der Waals surface area contributed by atoms with Crippen LogP contribution in [0.3, 0.4) is 0 Å². The summed E-state index contributed by atoms with van der Waals surface area (Å²) in [6.45, 7) is 5.37. The van der Waals surface area contributed by atoms with Crippen LogP contribution >= 0.6 is 0 Å². The number of pyridine rings is 1. The Morgan fingerprint density at radius 1 is 1.36 bits per heavy atom. The molecule has 1 atom stereocenters. The van der Waals surface area contributed by atoms with Gasteiger partial charge in [-0.1, -0.05) is 12.1 Å². The van der Waals surface area contributed by atoms with Crippen molar-refractivity contribution in [1.82, 2.24) is 10.4 Å². The fourth-order valence-corrected chi connectivity index (χ4v) is 3.80. The number of nitrogens with one attached hydrogen (secondary N) is 2. The quantitative estimate of drug-likeness (QED) is 0.671. The minimum atomic E-state index is 0.392. The molecule has 2 heterocycles. The number of hydrogen-bond donors (Lipinski definition) is 3. The predicted octanol–water partition coefficient (Wildman–Crippen LogP) is 3.56. The Bertz CT molecular complexity index is 1010. The Morgan fingerprint density at radius 2 is 2.14 bits per heavy atom. The van der Waals surface area contributed by atoms with Crippen LogP contribution in [0.4, 0.5) is 0 Å². The van der Waals surface area contributed by atoms with Crippen LogP contribution in [0, 0.1) is 11.3 Å². The smallest absolute Gasteiger partial charge is 0.256 e. The van der Waals surface area contributed by atoms with Crippen molar-refractivity contribution in [1.29, 1.82) is 5.41 Å². The third-order valence-electron chi connectivity index (χ3n) is 5.50. The van der Waals surface area contributed by atoms with E-state index in [0.717, 1.165) is 34.3 Å². The summed E-state index contributed by atoms with van der Waals surface area (Å²) >= 11 is 0. The van der Waals surface area contributed by atoms with Gasteiger partial charge in [-0.05, 0) is 44.9 Å². The van der Waals surface area contributed by atoms with Crippen molar-refractivity contribution in [2.45, 2.75) is 26.7 Å². The van der Waals surface area contributed by atoms with E-state index in [2.05, 4.69) is 23.5 Å². The van der Waals surface area contributed by atoms with Crippen molar-refractivity contribution in [3.8, 4) is 5.88 Å². The highest BCUT2D eigenvalue weighted by Crippen LogP contribution is 2.37. The predicted molar refractivity (Wildman–Crippen MR) is 112 cm³/mol. The van der Waals surface area contributed by atoms with Crippen LogP contribution in [0.1, 0.15) is 32.3 Å². The van der Waals surface area contributed by atoms with E-state index in [9.17, 15) is 0 Å². The van der Waals surface area contributed by atoms with Gasteiger partial charge in [0.1, 0.15) is 17.8 Å². The molecule has 6 heteroatoms. The molecule has 1 saturated carbocycles. The first-order valence-electron chi connectivity index (χ1n) is 9.89. The van der Waals surface area contributed by atoms with Crippen molar-refractivity contribution in [3.63, 3.8) is 0 Å². The largest absolute Gasteiger partial charge is 0.478 e. The molecule has 0 amide bonds. The first kappa shape index (κ1) is 18.5. The van der Waals surface area contributed by atoms with Gasteiger partial charge in [0.2, 0.25) is 5.88 Å². The van der Waals surface area contributed by atoms with Gasteiger partial charge >= 0.3 is 0 Å². The third-order valence-corrected chi connectivity index (χ3v) is 5.50. The van der Waals surface area contributed by atoms with Crippen molar-refractivity contribution in [3.05, 3.63) is 53.2 Å². The van der Waals surface area contributed by atoms with E-state index < -0.39 is 0 Å². The molecule has 0 spiro atoms. The first-order valence-corrected chi connectivity index (χ1v) is 9.89. The van der Waals surface area contributed by atoms with E-state index in [0.29, 0.717) is 34.5 Å². The lowest BCUT2D eigenvalue weighted by atomic mass is 10.0.